The third kappa shape index (κ3) is 7.32. The topological polar surface area (TPSA) is 254 Å². The Labute approximate surface area is 247 Å². The van der Waals surface area contributed by atoms with Crippen LogP contribution in [0.25, 0.3) is 32.0 Å². The molecule has 4 N–H and O–H groups in total. The highest BCUT2D eigenvalue weighted by Crippen LogP contribution is 2.35. The van der Waals surface area contributed by atoms with Crippen molar-refractivity contribution in [3.8, 4) is 0 Å². The van der Waals surface area contributed by atoms with Crippen molar-refractivity contribution in [2.24, 2.45) is 10.2 Å². The van der Waals surface area contributed by atoms with Crippen LogP contribution in [0.5, 0.6) is 0 Å². The molecule has 18 heteroatoms. The SMILES string of the molecule is Cc1ccc(S(=O)(=O)N(CCCCN=[N+]=[N-])C(CCN=[N+]=[N-])CC[C@H]2O[C@@H](n3cnc4c(N)ncnc43)[C@H](O)[C@@H]2O)cc1. The molecular formula is C25H34N12O5S. The molecule has 0 amide bonds. The fourth-order valence-corrected chi connectivity index (χ4v) is 6.86. The number of rotatable bonds is 15. The summed E-state index contributed by atoms with van der Waals surface area (Å²) in [5, 5.41) is 28.9. The predicted molar refractivity (Wildman–Crippen MR) is 156 cm³/mol. The largest absolute Gasteiger partial charge is 0.388 e. The average molecular weight is 615 g/mol. The standard InChI is InChI=1S/C25H34N12O5S/c1-16-4-7-18(8-5-16)43(40,41)37(13-3-2-11-32-34-27)17(10-12-33-35-28)6-9-19-21(38)22(39)25(42-19)36-15-31-20-23(26)29-14-30-24(20)36/h4-5,7-8,14-15,17,19,21-22,25,38-39H,2-3,6,9-13H2,1H3,(H2,26,29,30)/t17?,19-,21-,22-,25-/m1/s1. The Hall–Kier alpha value is -4.02. The molecule has 0 aliphatic carbocycles. The van der Waals surface area contributed by atoms with E-state index < -0.39 is 40.6 Å². The van der Waals surface area contributed by atoms with Gasteiger partial charge in [0.15, 0.2) is 17.7 Å². The van der Waals surface area contributed by atoms with E-state index in [9.17, 15) is 18.6 Å². The van der Waals surface area contributed by atoms with Crippen LogP contribution in [0.1, 0.15) is 43.9 Å². The first kappa shape index (κ1) is 31.9. The number of nitrogens with two attached hydrogens (primary N) is 1. The summed E-state index contributed by atoms with van der Waals surface area (Å²) in [6.45, 7) is 2.25. The molecule has 1 unspecified atom stereocenters. The van der Waals surface area contributed by atoms with Crippen LogP contribution < -0.4 is 5.73 Å². The van der Waals surface area contributed by atoms with Crippen molar-refractivity contribution in [2.75, 3.05) is 25.4 Å². The third-order valence-electron chi connectivity index (χ3n) is 7.39. The van der Waals surface area contributed by atoms with Crippen LogP contribution in [-0.2, 0) is 14.8 Å². The summed E-state index contributed by atoms with van der Waals surface area (Å²) in [6, 6.07) is 5.87. The maximum Gasteiger partial charge on any atom is 0.243 e. The second-order valence-corrected chi connectivity index (χ2v) is 12.1. The summed E-state index contributed by atoms with van der Waals surface area (Å²) in [7, 11) is -3.99. The van der Waals surface area contributed by atoms with Crippen LogP contribution in [0, 0.1) is 6.92 Å². The van der Waals surface area contributed by atoms with Crippen molar-refractivity contribution < 1.29 is 23.4 Å². The maximum absolute atomic E-state index is 13.9. The second kappa shape index (κ2) is 14.4. The first-order chi connectivity index (χ1) is 20.7. The number of aromatic nitrogens is 4. The zero-order chi connectivity index (χ0) is 31.0. The number of anilines is 1. The van der Waals surface area contributed by atoms with Crippen LogP contribution in [0.3, 0.4) is 0 Å². The Morgan fingerprint density at radius 2 is 1.79 bits per heavy atom. The van der Waals surface area contributed by atoms with Gasteiger partial charge in [0.05, 0.1) is 17.3 Å². The van der Waals surface area contributed by atoms with E-state index in [1.54, 1.807) is 24.3 Å². The number of fused-ring (bicyclic) bond motifs is 1. The van der Waals surface area contributed by atoms with Gasteiger partial charge in [-0.05, 0) is 62.2 Å². The number of hydrogen-bond acceptors (Lipinski definition) is 11. The number of azide groups is 2. The van der Waals surface area contributed by atoms with Crippen molar-refractivity contribution >= 4 is 27.0 Å². The van der Waals surface area contributed by atoms with E-state index in [0.717, 1.165) is 5.56 Å². The molecule has 1 aromatic carbocycles. The van der Waals surface area contributed by atoms with Gasteiger partial charge in [-0.2, -0.15) is 4.31 Å². The van der Waals surface area contributed by atoms with Gasteiger partial charge >= 0.3 is 0 Å². The second-order valence-electron chi connectivity index (χ2n) is 10.2. The zero-order valence-corrected chi connectivity index (χ0v) is 24.3. The number of benzene rings is 1. The molecule has 1 fully saturated rings. The summed E-state index contributed by atoms with van der Waals surface area (Å²) in [5.74, 6) is 0.158. The minimum Gasteiger partial charge on any atom is -0.388 e. The van der Waals surface area contributed by atoms with Gasteiger partial charge < -0.3 is 20.7 Å². The Morgan fingerprint density at radius 3 is 2.51 bits per heavy atom. The molecule has 0 bridgehead atoms. The van der Waals surface area contributed by atoms with Crippen LogP contribution in [0.15, 0.2) is 52.0 Å². The quantitative estimate of drug-likeness (QED) is 0.0982. The Bertz CT molecular complexity index is 1590. The smallest absolute Gasteiger partial charge is 0.243 e. The van der Waals surface area contributed by atoms with Gasteiger partial charge in [-0.3, -0.25) is 4.57 Å². The molecular weight excluding hydrogens is 580 g/mol. The van der Waals surface area contributed by atoms with E-state index in [1.165, 1.54) is 21.5 Å². The van der Waals surface area contributed by atoms with Gasteiger partial charge in [0.25, 0.3) is 0 Å². The molecule has 1 aliphatic heterocycles. The predicted octanol–water partition coefficient (Wildman–Crippen LogP) is 2.97. The van der Waals surface area contributed by atoms with Gasteiger partial charge in [0.1, 0.15) is 24.1 Å². The zero-order valence-electron chi connectivity index (χ0n) is 23.5. The molecule has 5 atom stereocenters. The number of ether oxygens (including phenoxy) is 1. The van der Waals surface area contributed by atoms with Gasteiger partial charge in [0, 0.05) is 35.5 Å². The van der Waals surface area contributed by atoms with Crippen molar-refractivity contribution in [1.82, 2.24) is 23.8 Å². The molecule has 3 aromatic rings. The Balaban J connectivity index is 1.57. The van der Waals surface area contributed by atoms with E-state index in [1.807, 2.05) is 6.92 Å². The number of sulfonamides is 1. The van der Waals surface area contributed by atoms with Crippen LogP contribution in [0.2, 0.25) is 0 Å². The van der Waals surface area contributed by atoms with E-state index in [0.29, 0.717) is 24.0 Å². The minimum atomic E-state index is -3.99. The van der Waals surface area contributed by atoms with Crippen molar-refractivity contribution in [2.45, 2.75) is 74.5 Å². The van der Waals surface area contributed by atoms with Crippen LogP contribution in [0.4, 0.5) is 5.82 Å². The number of hydrogen-bond donors (Lipinski definition) is 3. The lowest BCUT2D eigenvalue weighted by atomic mass is 10.0. The Kier molecular flexibility index (Phi) is 10.7. The van der Waals surface area contributed by atoms with Gasteiger partial charge in [-0.25, -0.2) is 23.4 Å². The number of unbranched alkanes of at least 4 members (excludes halogenated alkanes) is 1. The molecule has 0 spiro atoms. The number of aryl methyl sites for hydroxylation is 1. The number of aliphatic hydroxyl groups is 2. The normalized spacial score (nSPS) is 21.0. The molecule has 3 heterocycles. The third-order valence-corrected chi connectivity index (χ3v) is 9.36. The first-order valence-corrected chi connectivity index (χ1v) is 15.2. The minimum absolute atomic E-state index is 0.0429. The highest BCUT2D eigenvalue weighted by Gasteiger charge is 2.44. The number of aliphatic hydroxyl groups excluding tert-OH is 2. The van der Waals surface area contributed by atoms with Crippen molar-refractivity contribution in [3.05, 3.63) is 63.4 Å². The average Bonchev–Trinajstić information content (AvgIpc) is 3.54. The highest BCUT2D eigenvalue weighted by atomic mass is 32.2. The Morgan fingerprint density at radius 1 is 1.07 bits per heavy atom. The van der Waals surface area contributed by atoms with Gasteiger partial charge in [0.2, 0.25) is 10.0 Å². The molecule has 0 saturated carbocycles. The number of nitrogens with zero attached hydrogens (tertiary/aromatic N) is 11. The summed E-state index contributed by atoms with van der Waals surface area (Å²) in [4.78, 5) is 17.9. The highest BCUT2D eigenvalue weighted by molar-refractivity contribution is 7.89. The van der Waals surface area contributed by atoms with Crippen LogP contribution >= 0.6 is 0 Å². The number of imidazole rings is 1. The summed E-state index contributed by atoms with van der Waals surface area (Å²) < 4.78 is 36.7. The molecule has 43 heavy (non-hydrogen) atoms. The summed E-state index contributed by atoms with van der Waals surface area (Å²) in [6.07, 6.45) is -0.324. The lowest BCUT2D eigenvalue weighted by Gasteiger charge is -2.32. The lowest BCUT2D eigenvalue weighted by Crippen LogP contribution is -2.42. The van der Waals surface area contributed by atoms with Crippen LogP contribution in [-0.4, -0.2) is 86.4 Å². The molecule has 0 radical (unpaired) electrons. The van der Waals surface area contributed by atoms with Gasteiger partial charge in [-0.1, -0.05) is 27.9 Å². The van der Waals surface area contributed by atoms with E-state index in [2.05, 4.69) is 35.0 Å². The van der Waals surface area contributed by atoms with E-state index in [-0.39, 0.29) is 49.6 Å². The number of nitrogen functional groups attached to an aromatic ring is 1. The van der Waals surface area contributed by atoms with E-state index >= 15 is 0 Å². The monoisotopic (exact) mass is 614 g/mol. The fraction of sp³-hybridized carbons (Fsp3) is 0.560. The van der Waals surface area contributed by atoms with E-state index in [4.69, 9.17) is 21.5 Å². The summed E-state index contributed by atoms with van der Waals surface area (Å²) >= 11 is 0. The fourth-order valence-electron chi connectivity index (χ4n) is 5.13. The molecule has 2 aromatic heterocycles. The molecule has 1 aliphatic rings. The first-order valence-electron chi connectivity index (χ1n) is 13.7. The maximum atomic E-state index is 13.9. The molecule has 230 valence electrons. The molecule has 4 rings (SSSR count). The summed E-state index contributed by atoms with van der Waals surface area (Å²) in [5.41, 5.74) is 24.9. The molecule has 1 saturated heterocycles. The lowest BCUT2D eigenvalue weighted by molar-refractivity contribution is -0.0385. The molecule has 17 nitrogen and oxygen atoms in total. The van der Waals surface area contributed by atoms with Crippen molar-refractivity contribution in [3.63, 3.8) is 0 Å². The van der Waals surface area contributed by atoms with Gasteiger partial charge in [-0.15, -0.1) is 0 Å². The van der Waals surface area contributed by atoms with Crippen molar-refractivity contribution in [1.29, 1.82) is 0 Å².